The second-order valence-corrected chi connectivity index (χ2v) is 7.50. The molecule has 3 rings (SSSR count). The monoisotopic (exact) mass is 431 g/mol. The molecule has 2 N–H and O–H groups in total. The third-order valence-electron chi connectivity index (χ3n) is 3.39. The van der Waals surface area contributed by atoms with Crippen LogP contribution in [0, 0.1) is 0 Å². The first-order chi connectivity index (χ1) is 13.3. The Balaban J connectivity index is 1.61. The van der Waals surface area contributed by atoms with E-state index in [1.54, 1.807) is 12.1 Å². The molecule has 7 nitrogen and oxygen atoms in total. The molecule has 0 fully saturated rings. The van der Waals surface area contributed by atoms with Crippen LogP contribution in [0.15, 0.2) is 33.9 Å². The number of Topliss-reactive ketones (excluding diaryl/α,β-unsaturated/α-hetero) is 1. The molecule has 3 heterocycles. The number of carbonyl (C=O) groups excluding carboxylic acids is 2. The van der Waals surface area contributed by atoms with Crippen LogP contribution in [0.1, 0.15) is 20.2 Å². The quantitative estimate of drug-likeness (QED) is 0.438. The van der Waals surface area contributed by atoms with Crippen molar-refractivity contribution in [3.05, 3.63) is 39.7 Å². The Morgan fingerprint density at radius 2 is 2.00 bits per heavy atom. The van der Waals surface area contributed by atoms with Crippen molar-refractivity contribution in [1.29, 1.82) is 0 Å². The van der Waals surface area contributed by atoms with E-state index in [0.29, 0.717) is 4.88 Å². The highest BCUT2D eigenvalue weighted by Crippen LogP contribution is 2.30. The molecule has 3 aromatic heterocycles. The average Bonchev–Trinajstić information content (AvgIpc) is 3.29. The number of pyridine rings is 1. The minimum atomic E-state index is -4.58. The molecule has 1 amide bonds. The number of hydrogen-bond acceptors (Lipinski definition) is 8. The number of halogens is 3. The summed E-state index contributed by atoms with van der Waals surface area (Å²) in [6, 6.07) is 5.23. The molecular formula is C16H12F3N3O4S2. The summed E-state index contributed by atoms with van der Waals surface area (Å²) in [6.07, 6.45) is -4.58. The second-order valence-electron chi connectivity index (χ2n) is 5.41. The number of rotatable bonds is 7. The van der Waals surface area contributed by atoms with Crippen LogP contribution >= 0.6 is 23.1 Å². The molecule has 0 bridgehead atoms. The van der Waals surface area contributed by atoms with Crippen molar-refractivity contribution in [3.63, 3.8) is 0 Å². The van der Waals surface area contributed by atoms with E-state index >= 15 is 0 Å². The average molecular weight is 431 g/mol. The normalized spacial score (nSPS) is 11.7. The number of ketones is 1. The molecule has 0 aliphatic heterocycles. The molecule has 0 aromatic carbocycles. The molecule has 0 radical (unpaired) electrons. The van der Waals surface area contributed by atoms with Crippen molar-refractivity contribution in [1.82, 2.24) is 15.3 Å². The summed E-state index contributed by atoms with van der Waals surface area (Å²) in [6.45, 7) is -0.416. The van der Waals surface area contributed by atoms with Crippen LogP contribution in [0.5, 0.6) is 0 Å². The molecule has 3 aromatic rings. The van der Waals surface area contributed by atoms with Crippen LogP contribution in [0.2, 0.25) is 0 Å². The molecule has 0 saturated carbocycles. The lowest BCUT2D eigenvalue weighted by atomic mass is 10.3. The summed E-state index contributed by atoms with van der Waals surface area (Å²) >= 11 is 2.14. The van der Waals surface area contributed by atoms with Gasteiger partial charge in [-0.05, 0) is 24.3 Å². The number of aliphatic hydroxyl groups is 1. The molecule has 12 heteroatoms. The van der Waals surface area contributed by atoms with Gasteiger partial charge in [-0.1, -0.05) is 11.8 Å². The van der Waals surface area contributed by atoms with E-state index in [-0.39, 0.29) is 34.5 Å². The Labute approximate surface area is 164 Å². The number of oxazole rings is 1. The van der Waals surface area contributed by atoms with Gasteiger partial charge in [0.2, 0.25) is 5.91 Å². The third kappa shape index (κ3) is 4.88. The summed E-state index contributed by atoms with van der Waals surface area (Å²) in [7, 11) is 0. The van der Waals surface area contributed by atoms with Crippen molar-refractivity contribution < 1.29 is 32.3 Å². The molecule has 0 spiro atoms. The molecule has 0 aliphatic carbocycles. The fourth-order valence-electron chi connectivity index (χ4n) is 2.08. The van der Waals surface area contributed by atoms with Gasteiger partial charge in [-0.15, -0.1) is 11.3 Å². The van der Waals surface area contributed by atoms with Crippen LogP contribution in [0.4, 0.5) is 13.2 Å². The van der Waals surface area contributed by atoms with Gasteiger partial charge in [0.15, 0.2) is 17.0 Å². The van der Waals surface area contributed by atoms with Gasteiger partial charge in [-0.25, -0.2) is 4.98 Å². The van der Waals surface area contributed by atoms with Gasteiger partial charge in [0.1, 0.15) is 12.3 Å². The lowest BCUT2D eigenvalue weighted by Gasteiger charge is -2.03. The summed E-state index contributed by atoms with van der Waals surface area (Å²) < 4.78 is 43.3. The first-order valence-electron chi connectivity index (χ1n) is 7.73. The first kappa shape index (κ1) is 20.3. The number of carbonyl (C=O) groups is 2. The van der Waals surface area contributed by atoms with Gasteiger partial charge in [-0.3, -0.25) is 9.59 Å². The minimum Gasteiger partial charge on any atom is -0.430 e. The molecule has 0 atom stereocenters. The van der Waals surface area contributed by atoms with Gasteiger partial charge in [0, 0.05) is 4.88 Å². The van der Waals surface area contributed by atoms with Crippen LogP contribution in [-0.2, 0) is 17.5 Å². The van der Waals surface area contributed by atoms with Crippen LogP contribution in [0.3, 0.4) is 0 Å². The highest BCUT2D eigenvalue weighted by Gasteiger charge is 2.33. The van der Waals surface area contributed by atoms with Crippen molar-refractivity contribution in [2.75, 3.05) is 12.4 Å². The Bertz CT molecular complexity index is 1020. The molecule has 0 saturated heterocycles. The van der Waals surface area contributed by atoms with E-state index in [1.165, 1.54) is 11.3 Å². The Morgan fingerprint density at radius 1 is 1.21 bits per heavy atom. The largest absolute Gasteiger partial charge is 0.433 e. The zero-order valence-corrected chi connectivity index (χ0v) is 15.6. The number of nitrogens with zero attached hydrogens (tertiary/aromatic N) is 2. The van der Waals surface area contributed by atoms with E-state index in [1.807, 2.05) is 0 Å². The fraction of sp³-hybridized carbons (Fsp3) is 0.250. The number of thioether (sulfide) groups is 1. The summed E-state index contributed by atoms with van der Waals surface area (Å²) in [5.41, 5.74) is -1.15. The number of aliphatic hydroxyl groups excluding tert-OH is 1. The standard InChI is InChI=1S/C16H12F3N3O4S2/c17-16(18,19)12-4-2-10-14(21-12)22-15(26-10)27-7-9(24)11-3-1-8(28-11)5-20-13(25)6-23/h1-4,23H,5-7H2,(H,20,25). The maximum Gasteiger partial charge on any atom is 0.433 e. The van der Waals surface area contributed by atoms with Crippen molar-refractivity contribution in [2.24, 2.45) is 0 Å². The maximum absolute atomic E-state index is 12.7. The van der Waals surface area contributed by atoms with E-state index < -0.39 is 24.4 Å². The molecule has 0 unspecified atom stereocenters. The van der Waals surface area contributed by atoms with E-state index in [9.17, 15) is 22.8 Å². The van der Waals surface area contributed by atoms with E-state index in [2.05, 4.69) is 15.3 Å². The smallest absolute Gasteiger partial charge is 0.430 e. The minimum absolute atomic E-state index is 0.0259. The summed E-state index contributed by atoms with van der Waals surface area (Å²) in [5, 5.41) is 11.2. The SMILES string of the molecule is O=C(CO)NCc1ccc(C(=O)CSc2nc3nc(C(F)(F)F)ccc3o2)s1. The lowest BCUT2D eigenvalue weighted by Crippen LogP contribution is -2.25. The lowest BCUT2D eigenvalue weighted by molar-refractivity contribution is -0.141. The Kier molecular flexibility index (Phi) is 6.01. The molecule has 148 valence electrons. The number of fused-ring (bicyclic) bond motifs is 1. The summed E-state index contributed by atoms with van der Waals surface area (Å²) in [5.74, 6) is -0.766. The van der Waals surface area contributed by atoms with E-state index in [4.69, 9.17) is 9.52 Å². The fourth-order valence-corrected chi connectivity index (χ4v) is 3.77. The highest BCUT2D eigenvalue weighted by atomic mass is 32.2. The maximum atomic E-state index is 12.7. The predicted octanol–water partition coefficient (Wildman–Crippen LogP) is 2.89. The van der Waals surface area contributed by atoms with Gasteiger partial charge in [0.25, 0.3) is 5.22 Å². The van der Waals surface area contributed by atoms with Crippen LogP contribution in [-0.4, -0.2) is 39.1 Å². The number of amides is 1. The van der Waals surface area contributed by atoms with Crippen LogP contribution < -0.4 is 5.32 Å². The highest BCUT2D eigenvalue weighted by molar-refractivity contribution is 7.99. The second kappa shape index (κ2) is 8.29. The van der Waals surface area contributed by atoms with Gasteiger partial charge >= 0.3 is 6.18 Å². The Morgan fingerprint density at radius 3 is 2.71 bits per heavy atom. The zero-order valence-electron chi connectivity index (χ0n) is 13.9. The molecule has 28 heavy (non-hydrogen) atoms. The van der Waals surface area contributed by atoms with Crippen molar-refractivity contribution >= 4 is 46.0 Å². The topological polar surface area (TPSA) is 105 Å². The number of nitrogens with one attached hydrogen (secondary N) is 1. The number of hydrogen-bond donors (Lipinski definition) is 2. The third-order valence-corrected chi connectivity index (χ3v) is 5.35. The predicted molar refractivity (Wildman–Crippen MR) is 95.1 cm³/mol. The van der Waals surface area contributed by atoms with Crippen molar-refractivity contribution in [2.45, 2.75) is 17.9 Å². The zero-order chi connectivity index (χ0) is 20.3. The van der Waals surface area contributed by atoms with Gasteiger partial charge in [0.05, 0.1) is 17.2 Å². The van der Waals surface area contributed by atoms with Crippen LogP contribution in [0.25, 0.3) is 11.2 Å². The van der Waals surface area contributed by atoms with Crippen molar-refractivity contribution in [3.8, 4) is 0 Å². The first-order valence-corrected chi connectivity index (χ1v) is 9.53. The molecule has 0 aliphatic rings. The summed E-state index contributed by atoms with van der Waals surface area (Å²) in [4.78, 5) is 31.8. The Hall–Kier alpha value is -2.44. The number of thiophene rings is 1. The van der Waals surface area contributed by atoms with Gasteiger partial charge in [-0.2, -0.15) is 18.2 Å². The van der Waals surface area contributed by atoms with E-state index in [0.717, 1.165) is 28.8 Å². The number of alkyl halides is 3. The van der Waals surface area contributed by atoms with Gasteiger partial charge < -0.3 is 14.8 Å². The number of aromatic nitrogens is 2. The molecular weight excluding hydrogens is 419 g/mol.